The van der Waals surface area contributed by atoms with Gasteiger partial charge in [-0.05, 0) is 42.2 Å². The summed E-state index contributed by atoms with van der Waals surface area (Å²) in [5, 5.41) is 10.3. The van der Waals surface area contributed by atoms with E-state index in [1.807, 2.05) is 49.4 Å². The minimum Gasteiger partial charge on any atom is -0.463 e. The van der Waals surface area contributed by atoms with Crippen LogP contribution in [0.15, 0.2) is 71.1 Å². The number of rotatable bonds is 4. The van der Waals surface area contributed by atoms with Crippen molar-refractivity contribution in [1.29, 1.82) is 0 Å². The van der Waals surface area contributed by atoms with E-state index in [0.717, 1.165) is 17.7 Å². The molecule has 0 fully saturated rings. The largest absolute Gasteiger partial charge is 0.463 e. The second-order valence-corrected chi connectivity index (χ2v) is 5.25. The van der Waals surface area contributed by atoms with Crippen molar-refractivity contribution >= 4 is 0 Å². The van der Waals surface area contributed by atoms with E-state index >= 15 is 0 Å². The number of aliphatic hydroxyl groups is 1. The first-order valence-corrected chi connectivity index (χ1v) is 7.09. The Labute approximate surface area is 124 Å². The molecule has 3 aromatic rings. The van der Waals surface area contributed by atoms with Crippen molar-refractivity contribution in [1.82, 2.24) is 0 Å². The third-order valence-electron chi connectivity index (χ3n) is 3.58. The van der Waals surface area contributed by atoms with Crippen LogP contribution in [0.1, 0.15) is 34.3 Å². The smallest absolute Gasteiger partial charge is 0.137 e. The molecule has 1 aromatic heterocycles. The lowest BCUT2D eigenvalue weighted by Crippen LogP contribution is -1.98. The summed E-state index contributed by atoms with van der Waals surface area (Å²) in [6.07, 6.45) is 0.196. The van der Waals surface area contributed by atoms with Crippen LogP contribution in [0, 0.1) is 6.92 Å². The van der Waals surface area contributed by atoms with Gasteiger partial charge in [0.25, 0.3) is 0 Å². The summed E-state index contributed by atoms with van der Waals surface area (Å²) in [7, 11) is 0. The first-order chi connectivity index (χ1) is 10.2. The van der Waals surface area contributed by atoms with Gasteiger partial charge in [-0.3, -0.25) is 0 Å². The summed E-state index contributed by atoms with van der Waals surface area (Å²) >= 11 is 0. The SMILES string of the molecule is Cc1ccc(C(O)c2ccc(Cc3ccccc3)cc2)o1. The fourth-order valence-corrected chi connectivity index (χ4v) is 2.41. The molecule has 21 heavy (non-hydrogen) atoms. The van der Waals surface area contributed by atoms with Gasteiger partial charge >= 0.3 is 0 Å². The molecular weight excluding hydrogens is 260 g/mol. The second kappa shape index (κ2) is 5.98. The minimum atomic E-state index is -0.704. The molecule has 0 aliphatic heterocycles. The van der Waals surface area contributed by atoms with Crippen LogP contribution in [0.25, 0.3) is 0 Å². The van der Waals surface area contributed by atoms with Crippen molar-refractivity contribution < 1.29 is 9.52 Å². The van der Waals surface area contributed by atoms with Gasteiger partial charge in [0.1, 0.15) is 17.6 Å². The summed E-state index contributed by atoms with van der Waals surface area (Å²) in [4.78, 5) is 0. The molecule has 1 heterocycles. The van der Waals surface area contributed by atoms with Gasteiger partial charge in [-0.1, -0.05) is 54.6 Å². The maximum absolute atomic E-state index is 10.3. The van der Waals surface area contributed by atoms with Crippen molar-refractivity contribution in [2.24, 2.45) is 0 Å². The molecule has 0 radical (unpaired) electrons. The van der Waals surface area contributed by atoms with Gasteiger partial charge in [0.05, 0.1) is 0 Å². The Kier molecular flexibility index (Phi) is 3.89. The van der Waals surface area contributed by atoms with E-state index in [9.17, 15) is 5.11 Å². The number of furan rings is 1. The lowest BCUT2D eigenvalue weighted by Gasteiger charge is -2.09. The van der Waals surface area contributed by atoms with Crippen molar-refractivity contribution in [2.45, 2.75) is 19.4 Å². The standard InChI is InChI=1S/C19H18O2/c1-14-7-12-18(21-14)19(20)17-10-8-16(9-11-17)13-15-5-3-2-4-6-15/h2-12,19-20H,13H2,1H3. The molecule has 0 spiro atoms. The lowest BCUT2D eigenvalue weighted by atomic mass is 10.0. The van der Waals surface area contributed by atoms with Gasteiger partial charge in [-0.2, -0.15) is 0 Å². The molecule has 0 bridgehead atoms. The highest BCUT2D eigenvalue weighted by Gasteiger charge is 2.13. The van der Waals surface area contributed by atoms with Gasteiger partial charge in [0, 0.05) is 0 Å². The molecule has 2 nitrogen and oxygen atoms in total. The molecule has 3 rings (SSSR count). The molecule has 0 aliphatic rings. The van der Waals surface area contributed by atoms with Crippen molar-refractivity contribution in [2.75, 3.05) is 0 Å². The Morgan fingerprint density at radius 2 is 1.52 bits per heavy atom. The zero-order valence-corrected chi connectivity index (χ0v) is 12.0. The first-order valence-electron chi connectivity index (χ1n) is 7.09. The Hall–Kier alpha value is -2.32. The van der Waals surface area contributed by atoms with Crippen LogP contribution >= 0.6 is 0 Å². The fourth-order valence-electron chi connectivity index (χ4n) is 2.41. The molecule has 1 atom stereocenters. The van der Waals surface area contributed by atoms with E-state index in [1.54, 1.807) is 0 Å². The Bertz CT molecular complexity index is 696. The van der Waals surface area contributed by atoms with Gasteiger partial charge in [-0.15, -0.1) is 0 Å². The zero-order valence-electron chi connectivity index (χ0n) is 12.0. The third-order valence-corrected chi connectivity index (χ3v) is 3.58. The predicted octanol–water partition coefficient (Wildman–Crippen LogP) is 4.26. The number of benzene rings is 2. The molecule has 0 saturated carbocycles. The average molecular weight is 278 g/mol. The highest BCUT2D eigenvalue weighted by atomic mass is 16.4. The van der Waals surface area contributed by atoms with Crippen molar-refractivity contribution in [3.05, 3.63) is 94.9 Å². The third kappa shape index (κ3) is 3.23. The van der Waals surface area contributed by atoms with Gasteiger partial charge in [0.15, 0.2) is 0 Å². The van der Waals surface area contributed by atoms with Crippen LogP contribution in [0.2, 0.25) is 0 Å². The number of hydrogen-bond acceptors (Lipinski definition) is 2. The summed E-state index contributed by atoms with van der Waals surface area (Å²) in [6, 6.07) is 22.1. The van der Waals surface area contributed by atoms with E-state index in [2.05, 4.69) is 24.3 Å². The highest BCUT2D eigenvalue weighted by Crippen LogP contribution is 2.24. The maximum Gasteiger partial charge on any atom is 0.137 e. The topological polar surface area (TPSA) is 33.4 Å². The Balaban J connectivity index is 1.75. The molecule has 0 amide bonds. The van der Waals surface area contributed by atoms with Crippen molar-refractivity contribution in [3.63, 3.8) is 0 Å². The molecule has 2 aromatic carbocycles. The monoisotopic (exact) mass is 278 g/mol. The second-order valence-electron chi connectivity index (χ2n) is 5.25. The predicted molar refractivity (Wildman–Crippen MR) is 83.2 cm³/mol. The number of hydrogen-bond donors (Lipinski definition) is 1. The van der Waals surface area contributed by atoms with Crippen LogP contribution in [-0.4, -0.2) is 5.11 Å². The molecule has 106 valence electrons. The van der Waals surface area contributed by atoms with Crippen LogP contribution < -0.4 is 0 Å². The molecule has 2 heteroatoms. The fraction of sp³-hybridized carbons (Fsp3) is 0.158. The minimum absolute atomic E-state index is 0.586. The summed E-state index contributed by atoms with van der Waals surface area (Å²) < 4.78 is 5.48. The highest BCUT2D eigenvalue weighted by molar-refractivity contribution is 5.31. The Morgan fingerprint density at radius 3 is 2.14 bits per heavy atom. The summed E-state index contributed by atoms with van der Waals surface area (Å²) in [5.74, 6) is 1.40. The van der Waals surface area contributed by atoms with Crippen LogP contribution in [-0.2, 0) is 6.42 Å². The normalized spacial score (nSPS) is 12.3. The van der Waals surface area contributed by atoms with Crippen molar-refractivity contribution in [3.8, 4) is 0 Å². The molecule has 0 saturated heterocycles. The van der Waals surface area contributed by atoms with Gasteiger partial charge in [-0.25, -0.2) is 0 Å². The quantitative estimate of drug-likeness (QED) is 0.773. The molecular formula is C19H18O2. The molecule has 0 aliphatic carbocycles. The Morgan fingerprint density at radius 1 is 0.857 bits per heavy atom. The summed E-state index contributed by atoms with van der Waals surface area (Å²) in [6.45, 7) is 1.87. The van der Waals surface area contributed by atoms with E-state index < -0.39 is 6.10 Å². The lowest BCUT2D eigenvalue weighted by molar-refractivity contribution is 0.187. The van der Waals surface area contributed by atoms with Gasteiger partial charge in [0.2, 0.25) is 0 Å². The van der Waals surface area contributed by atoms with E-state index in [-0.39, 0.29) is 0 Å². The zero-order chi connectivity index (χ0) is 14.7. The van der Waals surface area contributed by atoms with Gasteiger partial charge < -0.3 is 9.52 Å². The first kappa shape index (κ1) is 13.7. The van der Waals surface area contributed by atoms with E-state index in [1.165, 1.54) is 11.1 Å². The van der Waals surface area contributed by atoms with Crippen LogP contribution in [0.3, 0.4) is 0 Å². The summed E-state index contributed by atoms with van der Waals surface area (Å²) in [5.41, 5.74) is 3.36. The van der Waals surface area contributed by atoms with Crippen LogP contribution in [0.5, 0.6) is 0 Å². The van der Waals surface area contributed by atoms with E-state index in [0.29, 0.717) is 5.76 Å². The molecule has 1 N–H and O–H groups in total. The molecule has 1 unspecified atom stereocenters. The van der Waals surface area contributed by atoms with Crippen LogP contribution in [0.4, 0.5) is 0 Å². The number of aliphatic hydroxyl groups excluding tert-OH is 1. The number of aryl methyl sites for hydroxylation is 1. The maximum atomic E-state index is 10.3. The average Bonchev–Trinajstić information content (AvgIpc) is 2.95. The van der Waals surface area contributed by atoms with E-state index in [4.69, 9.17) is 4.42 Å².